The highest BCUT2D eigenvalue weighted by Gasteiger charge is 2.54. The van der Waals surface area contributed by atoms with Gasteiger partial charge in [0.2, 0.25) is 58.9 Å². The largest absolute Gasteiger partial charge is 0.511 e. The van der Waals surface area contributed by atoms with Crippen molar-refractivity contribution in [2.24, 2.45) is 63.5 Å². The number of carbonyl (C=O) groups excluding carboxylic acids is 1. The fourth-order valence-corrected chi connectivity index (χ4v) is 20.4. The van der Waals surface area contributed by atoms with Crippen LogP contribution in [0.2, 0.25) is 0 Å². The number of aryl methyl sites for hydroxylation is 14. The molecule has 24 rings (SSSR count). The number of aromatic nitrogens is 23. The van der Waals surface area contributed by atoms with Crippen LogP contribution in [0.25, 0.3) is 28.6 Å². The monoisotopic (exact) mass is 2000 g/mol. The second kappa shape index (κ2) is 50.9. The van der Waals surface area contributed by atoms with E-state index >= 15 is 0 Å². The van der Waals surface area contributed by atoms with Crippen LogP contribution in [0.3, 0.4) is 0 Å². The van der Waals surface area contributed by atoms with Crippen LogP contribution in [-0.4, -0.2) is 139 Å². The zero-order valence-electron chi connectivity index (χ0n) is 88.3. The molecule has 2 aromatic carbocycles. The molecule has 39 nitrogen and oxygen atoms in total. The second-order valence-corrected chi connectivity index (χ2v) is 42.3. The standard InChI is InChI=1S/C12H10N4O.C12H18N2O.C12H13NO.2C11H16N2O.2C9H14N2O.C8H13N3O2.C8H12N2O.C7H11N3O2.C7H13N3O/c1-9-14-12(17-15-9)10-2-4-11(5-3-10)16-7-6-13-8-16;1-9-13-10(15-14-9)12-6-3-11(2,4-7-12)5-8-12;1-8-4-6-11(7-5-8)12-13-9(2)10(3)14-12;1-7-3-11(4-7)5-9(6-11)10-12-8(2)13-14-10;1-7-12-11(14-13-7)10-5-8-3-2-4-9(8)6-10;1-6-3-4-8(5-6)9-10-7(2)11-12-9;1-7-10-9(12-11-7)8-5-3-2-4-6-8;1-5(12)7(9)3-4-8-10-6(2)11-13-8;1-5-3-7(4-5)8-9-6(2)10-11-8;1-4(11)6(8)3-7-9-5(2)10-12-7;1-4(2)6(8)7-9-5(3)10-11-7/h2-8H,1H3;3-8H2,1-2H3;4-7H,1-3H3;7,9H,3-6H2,1-2H3;8-10H,2-6H2,1H3;6,8H,3-5H2,1-2H3;8H,2-6H2,1H3;7H,3-4,9H2,1-2H3;5,7H,3-4H2,1-2H3;6,11H,1,3,8H2,2H3;4,6H,8H2,1-3H3. The van der Waals surface area contributed by atoms with Crippen molar-refractivity contribution in [2.45, 2.75) is 371 Å². The molecule has 10 fully saturated rings. The predicted octanol–water partition coefficient (Wildman–Crippen LogP) is 22.0. The number of nitrogens with zero attached hydrogens (tertiary/aromatic N) is 23. The third-order valence-corrected chi connectivity index (χ3v) is 29.1. The number of nitrogens with two attached hydrogens (primary N) is 3. The summed E-state index contributed by atoms with van der Waals surface area (Å²) in [6.07, 6.45) is 39.3. The van der Waals surface area contributed by atoms with Gasteiger partial charge in [-0.3, -0.25) is 4.79 Å². The first kappa shape index (κ1) is 110. The van der Waals surface area contributed by atoms with Gasteiger partial charge in [-0.05, 0) is 308 Å². The quantitative estimate of drug-likeness (QED) is 0.0580. The minimum Gasteiger partial charge on any atom is -0.511 e. The predicted molar refractivity (Wildman–Crippen MR) is 537 cm³/mol. The summed E-state index contributed by atoms with van der Waals surface area (Å²) in [5.74, 6) is 23.3. The van der Waals surface area contributed by atoms with Crippen LogP contribution >= 0.6 is 0 Å². The highest BCUT2D eigenvalue weighted by atomic mass is 16.5. The van der Waals surface area contributed by atoms with Gasteiger partial charge in [-0.25, -0.2) is 9.97 Å². The number of aliphatic hydroxyl groups is 1. The van der Waals surface area contributed by atoms with E-state index < -0.39 is 12.1 Å². The number of aliphatic hydroxyl groups excluding tert-OH is 1. The van der Waals surface area contributed by atoms with Gasteiger partial charge in [0.1, 0.15) is 17.3 Å². The van der Waals surface area contributed by atoms with E-state index in [4.69, 9.17) is 72.0 Å². The summed E-state index contributed by atoms with van der Waals surface area (Å²) in [7, 11) is 0. The summed E-state index contributed by atoms with van der Waals surface area (Å²) in [6.45, 7) is 42.4. The average molecular weight is 2000 g/mol. The summed E-state index contributed by atoms with van der Waals surface area (Å²) >= 11 is 0. The molecule has 1 spiro atoms. The lowest BCUT2D eigenvalue weighted by Crippen LogP contribution is -2.45. The third-order valence-electron chi connectivity index (χ3n) is 29.1. The molecule has 39 heteroatoms. The molecule has 7 N–H and O–H groups in total. The Morgan fingerprint density at radius 2 is 0.910 bits per heavy atom. The van der Waals surface area contributed by atoms with Crippen molar-refractivity contribution in [3.8, 4) is 28.6 Å². The van der Waals surface area contributed by atoms with Crippen LogP contribution in [-0.2, 0) is 23.1 Å². The molecule has 14 aromatic rings. The molecule has 0 amide bonds. The topological polar surface area (TPSA) is 548 Å². The number of carbonyl (C=O) groups is 1. The summed E-state index contributed by atoms with van der Waals surface area (Å²) in [5.41, 5.74) is 23.5. The molecule has 782 valence electrons. The van der Waals surface area contributed by atoms with E-state index in [1.165, 1.54) is 173 Å². The van der Waals surface area contributed by atoms with Crippen LogP contribution in [0.5, 0.6) is 0 Å². The maximum Gasteiger partial charge on any atom is 0.257 e. The SMILES string of the molecule is C=C(O)C(N)Cc1nc(C)no1.CC(=O)C(N)CCc1nc(C)no1.Cc1ccc(-c2nc(C)c(C)o2)cc1.Cc1noc(-c2ccc(-n3ccnc3)cc2)n1.Cc1noc(C(N)C(C)C)n1.Cc1noc(C23CCC(C)(CC2)CC3)n1.Cc1noc(C2CC(C)C2)n1.Cc1noc(C2CC3(CC(C)C3)C2)n1.Cc1noc(C2CC3CCCC3C2)n1.Cc1noc(C2CCC(C)C2)n1.Cc1noc(C2CCCCC2)n1. The first-order valence-electron chi connectivity index (χ1n) is 51.5. The van der Waals surface area contributed by atoms with E-state index in [-0.39, 0.29) is 23.0 Å². The number of Topliss-reactive ketones (excluding diaryl/α,β-unsaturated/α-hetero) is 1. The summed E-state index contributed by atoms with van der Waals surface area (Å²) in [5, 5.41) is 46.5. The van der Waals surface area contributed by atoms with E-state index in [1.807, 2.05) is 116 Å². The number of benzene rings is 2. The number of hydrogen-bond acceptors (Lipinski definition) is 38. The molecule has 12 heterocycles. The Kier molecular flexibility index (Phi) is 38.5. The van der Waals surface area contributed by atoms with Gasteiger partial charge in [0, 0.05) is 77.1 Å². The van der Waals surface area contributed by atoms with Gasteiger partial charge in [-0.15, -0.1) is 0 Å². The van der Waals surface area contributed by atoms with Crippen molar-refractivity contribution in [3.63, 3.8) is 0 Å². The highest BCUT2D eigenvalue weighted by Crippen LogP contribution is 2.64. The van der Waals surface area contributed by atoms with Crippen LogP contribution < -0.4 is 17.2 Å². The molecule has 0 radical (unpaired) electrons. The minimum atomic E-state index is -0.537. The molecule has 2 bridgehead atoms. The number of fused-ring (bicyclic) bond motifs is 4. The number of imidazole rings is 1. The number of hydrogen-bond donors (Lipinski definition) is 4. The minimum absolute atomic E-state index is 0.0174. The fraction of sp³-hybridized carbons (Fsp3) is 0.613. The smallest absolute Gasteiger partial charge is 0.257 e. The molecule has 0 saturated heterocycles. The lowest BCUT2D eigenvalue weighted by atomic mass is 9.48. The van der Waals surface area contributed by atoms with Crippen molar-refractivity contribution in [1.29, 1.82) is 0 Å². The van der Waals surface area contributed by atoms with Gasteiger partial charge in [-0.1, -0.05) is 156 Å². The molecule has 10 aliphatic rings. The Morgan fingerprint density at radius 3 is 1.34 bits per heavy atom. The lowest BCUT2D eigenvalue weighted by molar-refractivity contribution is -0.118. The van der Waals surface area contributed by atoms with Gasteiger partial charge in [-0.2, -0.15) is 49.8 Å². The second-order valence-electron chi connectivity index (χ2n) is 42.3. The number of oxazole rings is 1. The van der Waals surface area contributed by atoms with Gasteiger partial charge in [0.25, 0.3) is 5.89 Å². The molecule has 0 aliphatic heterocycles. The molecule has 7 unspecified atom stereocenters. The maximum atomic E-state index is 10.8. The Hall–Kier alpha value is -12.6. The first-order valence-corrected chi connectivity index (χ1v) is 51.5. The lowest BCUT2D eigenvalue weighted by Gasteiger charge is -2.56. The number of ketones is 1. The Labute approximate surface area is 848 Å². The Bertz CT molecular complexity index is 6140. The average Bonchev–Trinajstić information content (AvgIpc) is 1.31. The van der Waals surface area contributed by atoms with E-state index in [9.17, 15) is 4.79 Å². The Balaban J connectivity index is 0.000000134. The molecular weight excluding hydrogens is 1850 g/mol. The van der Waals surface area contributed by atoms with E-state index in [0.29, 0.717) is 118 Å². The summed E-state index contributed by atoms with van der Waals surface area (Å²) in [6, 6.07) is 14.9. The van der Waals surface area contributed by atoms with Gasteiger partial charge >= 0.3 is 0 Å². The highest BCUT2D eigenvalue weighted by molar-refractivity contribution is 5.81. The molecule has 10 aliphatic carbocycles. The van der Waals surface area contributed by atoms with Crippen LogP contribution in [0.15, 0.2) is 129 Å². The summed E-state index contributed by atoms with van der Waals surface area (Å²) < 4.78 is 58.3. The molecular formula is C106H150N26O13. The van der Waals surface area contributed by atoms with Crippen LogP contribution in [0.4, 0.5) is 0 Å². The molecule has 7 atom stereocenters. The van der Waals surface area contributed by atoms with Gasteiger partial charge in [0.15, 0.2) is 58.2 Å². The first-order chi connectivity index (χ1) is 69.3. The zero-order chi connectivity index (χ0) is 104. The van der Waals surface area contributed by atoms with E-state index in [0.717, 1.165) is 128 Å². The van der Waals surface area contributed by atoms with Crippen molar-refractivity contribution in [2.75, 3.05) is 0 Å². The molecule has 10 saturated carbocycles. The fourth-order valence-electron chi connectivity index (χ4n) is 20.4. The third kappa shape index (κ3) is 31.7. The number of rotatable bonds is 18. The van der Waals surface area contributed by atoms with Crippen LogP contribution in [0, 0.1) is 136 Å². The zero-order valence-corrected chi connectivity index (χ0v) is 88.3. The normalized spacial score (nSPS) is 23.4. The van der Waals surface area contributed by atoms with Crippen molar-refractivity contribution in [3.05, 3.63) is 208 Å². The Morgan fingerprint density at radius 1 is 0.448 bits per heavy atom. The molecule has 145 heavy (non-hydrogen) atoms. The van der Waals surface area contributed by atoms with E-state index in [1.54, 1.807) is 40.2 Å². The van der Waals surface area contributed by atoms with Crippen molar-refractivity contribution >= 4 is 5.78 Å². The summed E-state index contributed by atoms with van der Waals surface area (Å²) in [4.78, 5) is 61.0. The maximum absolute atomic E-state index is 10.8. The molecule has 12 aromatic heterocycles. The van der Waals surface area contributed by atoms with Gasteiger partial charge < -0.3 is 76.5 Å². The van der Waals surface area contributed by atoms with Crippen molar-refractivity contribution < 1.29 is 59.5 Å². The van der Waals surface area contributed by atoms with Crippen LogP contribution in [0.1, 0.15) is 379 Å². The van der Waals surface area contributed by atoms with Crippen molar-refractivity contribution in [1.82, 2.24) is 116 Å². The van der Waals surface area contributed by atoms with Gasteiger partial charge in [0.05, 0.1) is 30.1 Å². The van der Waals surface area contributed by atoms with E-state index in [2.05, 4.69) is 165 Å².